The molecular formula is C20H25ClN2O4S. The highest BCUT2D eigenvalue weighted by Crippen LogP contribution is 2.27. The predicted molar refractivity (Wildman–Crippen MR) is 110 cm³/mol. The first kappa shape index (κ1) is 22.2. The summed E-state index contributed by atoms with van der Waals surface area (Å²) >= 11 is 6.15. The standard InChI is InChI=1S/C20H25ClN2O4S/c1-3-4-12-22-28(25,26)17-10-11-19(18(21)13-17)27-15-20(24)23(2)14-16-8-6-5-7-9-16/h5-11,13,22H,3-4,12,14-15H2,1-2H3. The molecule has 0 radical (unpaired) electrons. The van der Waals surface area contributed by atoms with Crippen LogP contribution in [0.5, 0.6) is 5.75 Å². The minimum atomic E-state index is -3.62. The third-order valence-electron chi connectivity index (χ3n) is 4.08. The number of benzene rings is 2. The van der Waals surface area contributed by atoms with Crippen LogP contribution in [0.4, 0.5) is 0 Å². The second kappa shape index (κ2) is 10.5. The van der Waals surface area contributed by atoms with Gasteiger partial charge in [0.15, 0.2) is 6.61 Å². The summed E-state index contributed by atoms with van der Waals surface area (Å²) in [5, 5.41) is 0.136. The number of carbonyl (C=O) groups is 1. The summed E-state index contributed by atoms with van der Waals surface area (Å²) in [6, 6.07) is 13.8. The number of amides is 1. The van der Waals surface area contributed by atoms with E-state index < -0.39 is 10.0 Å². The number of rotatable bonds is 10. The molecule has 8 heteroatoms. The average molecular weight is 425 g/mol. The first-order valence-corrected chi connectivity index (χ1v) is 10.9. The highest BCUT2D eigenvalue weighted by molar-refractivity contribution is 7.89. The molecule has 0 spiro atoms. The van der Waals surface area contributed by atoms with Crippen molar-refractivity contribution in [3.8, 4) is 5.75 Å². The van der Waals surface area contributed by atoms with Gasteiger partial charge in [-0.1, -0.05) is 55.3 Å². The van der Waals surface area contributed by atoms with Crippen LogP contribution in [0.25, 0.3) is 0 Å². The van der Waals surface area contributed by atoms with E-state index in [0.29, 0.717) is 13.1 Å². The molecule has 0 fully saturated rings. The van der Waals surface area contributed by atoms with Crippen molar-refractivity contribution >= 4 is 27.5 Å². The second-order valence-electron chi connectivity index (χ2n) is 6.37. The monoisotopic (exact) mass is 424 g/mol. The molecule has 0 heterocycles. The topological polar surface area (TPSA) is 75.7 Å². The molecule has 0 saturated heterocycles. The molecule has 6 nitrogen and oxygen atoms in total. The molecule has 0 unspecified atom stereocenters. The van der Waals surface area contributed by atoms with Crippen LogP contribution in [0.2, 0.25) is 5.02 Å². The Balaban J connectivity index is 1.94. The van der Waals surface area contributed by atoms with Crippen molar-refractivity contribution in [2.75, 3.05) is 20.2 Å². The van der Waals surface area contributed by atoms with E-state index in [1.165, 1.54) is 18.2 Å². The van der Waals surface area contributed by atoms with Gasteiger partial charge in [-0.15, -0.1) is 0 Å². The van der Waals surface area contributed by atoms with E-state index in [4.69, 9.17) is 16.3 Å². The number of hydrogen-bond acceptors (Lipinski definition) is 4. The third-order valence-corrected chi connectivity index (χ3v) is 5.83. The van der Waals surface area contributed by atoms with E-state index in [9.17, 15) is 13.2 Å². The van der Waals surface area contributed by atoms with Crippen LogP contribution in [0, 0.1) is 0 Å². The van der Waals surface area contributed by atoms with Gasteiger partial charge in [0, 0.05) is 20.1 Å². The molecule has 0 atom stereocenters. The van der Waals surface area contributed by atoms with Crippen LogP contribution in [0.15, 0.2) is 53.4 Å². The molecule has 0 bridgehead atoms. The van der Waals surface area contributed by atoms with E-state index in [1.807, 2.05) is 37.3 Å². The Labute approximate surface area is 171 Å². The lowest BCUT2D eigenvalue weighted by molar-refractivity contribution is -0.132. The van der Waals surface area contributed by atoms with Crippen LogP contribution < -0.4 is 9.46 Å². The molecule has 0 aliphatic heterocycles. The Morgan fingerprint density at radius 3 is 2.54 bits per heavy atom. The number of nitrogens with one attached hydrogen (secondary N) is 1. The molecule has 0 saturated carbocycles. The van der Waals surface area contributed by atoms with Crippen molar-refractivity contribution in [3.05, 3.63) is 59.1 Å². The minimum Gasteiger partial charge on any atom is -0.482 e. The van der Waals surface area contributed by atoms with Gasteiger partial charge in [0.2, 0.25) is 10.0 Å². The maximum Gasteiger partial charge on any atom is 0.260 e. The fourth-order valence-electron chi connectivity index (χ4n) is 2.43. The predicted octanol–water partition coefficient (Wildman–Crippen LogP) is 3.46. The van der Waals surface area contributed by atoms with Crippen LogP contribution in [-0.2, 0) is 21.4 Å². The highest BCUT2D eigenvalue weighted by Gasteiger charge is 2.17. The van der Waals surface area contributed by atoms with Crippen molar-refractivity contribution in [2.45, 2.75) is 31.2 Å². The van der Waals surface area contributed by atoms with Crippen molar-refractivity contribution in [3.63, 3.8) is 0 Å². The van der Waals surface area contributed by atoms with Gasteiger partial charge >= 0.3 is 0 Å². The summed E-state index contributed by atoms with van der Waals surface area (Å²) in [6.45, 7) is 2.63. The van der Waals surface area contributed by atoms with Crippen molar-refractivity contribution < 1.29 is 17.9 Å². The lowest BCUT2D eigenvalue weighted by Gasteiger charge is -2.18. The summed E-state index contributed by atoms with van der Waals surface area (Å²) < 4.78 is 32.5. The van der Waals surface area contributed by atoms with Gasteiger partial charge in [-0.2, -0.15) is 0 Å². The molecule has 152 valence electrons. The number of carbonyl (C=O) groups excluding carboxylic acids is 1. The van der Waals surface area contributed by atoms with Gasteiger partial charge in [0.25, 0.3) is 5.91 Å². The number of unbranched alkanes of at least 4 members (excludes halogenated alkanes) is 1. The minimum absolute atomic E-state index is 0.0634. The van der Waals surface area contributed by atoms with Gasteiger partial charge in [0.05, 0.1) is 9.92 Å². The van der Waals surface area contributed by atoms with Crippen molar-refractivity contribution in [2.24, 2.45) is 0 Å². The van der Waals surface area contributed by atoms with E-state index in [0.717, 1.165) is 18.4 Å². The zero-order chi connectivity index (χ0) is 20.6. The lowest BCUT2D eigenvalue weighted by atomic mass is 10.2. The lowest BCUT2D eigenvalue weighted by Crippen LogP contribution is -2.31. The van der Waals surface area contributed by atoms with Crippen LogP contribution in [0.1, 0.15) is 25.3 Å². The fraction of sp³-hybridized carbons (Fsp3) is 0.350. The third kappa shape index (κ3) is 6.51. The molecule has 2 rings (SSSR count). The largest absolute Gasteiger partial charge is 0.482 e. The molecule has 0 aliphatic carbocycles. The molecule has 0 aromatic heterocycles. The van der Waals surface area contributed by atoms with E-state index in [1.54, 1.807) is 11.9 Å². The normalized spacial score (nSPS) is 11.2. The zero-order valence-corrected chi connectivity index (χ0v) is 17.6. The number of hydrogen-bond donors (Lipinski definition) is 1. The smallest absolute Gasteiger partial charge is 0.260 e. The van der Waals surface area contributed by atoms with Gasteiger partial charge in [-0.05, 0) is 30.2 Å². The van der Waals surface area contributed by atoms with E-state index >= 15 is 0 Å². The highest BCUT2D eigenvalue weighted by atomic mass is 35.5. The van der Waals surface area contributed by atoms with Crippen molar-refractivity contribution in [1.29, 1.82) is 0 Å². The number of ether oxygens (including phenoxy) is 1. The summed E-state index contributed by atoms with van der Waals surface area (Å²) in [7, 11) is -1.92. The van der Waals surface area contributed by atoms with Crippen molar-refractivity contribution in [1.82, 2.24) is 9.62 Å². The summed E-state index contributed by atoms with van der Waals surface area (Å²) in [5.41, 5.74) is 1.02. The Morgan fingerprint density at radius 2 is 1.89 bits per heavy atom. The Morgan fingerprint density at radius 1 is 1.18 bits per heavy atom. The maximum atomic E-state index is 12.3. The number of nitrogens with zero attached hydrogens (tertiary/aromatic N) is 1. The number of likely N-dealkylation sites (N-methyl/N-ethyl adjacent to an activating group) is 1. The number of halogens is 1. The second-order valence-corrected chi connectivity index (χ2v) is 8.54. The van der Waals surface area contributed by atoms with Gasteiger partial charge < -0.3 is 9.64 Å². The van der Waals surface area contributed by atoms with Gasteiger partial charge in [-0.25, -0.2) is 13.1 Å². The summed E-state index contributed by atoms with van der Waals surface area (Å²) in [5.74, 6) is 0.0495. The molecule has 2 aromatic carbocycles. The van der Waals surface area contributed by atoms with E-state index in [2.05, 4.69) is 4.72 Å². The van der Waals surface area contributed by atoms with E-state index in [-0.39, 0.29) is 28.2 Å². The average Bonchev–Trinajstić information content (AvgIpc) is 2.67. The van der Waals surface area contributed by atoms with Gasteiger partial charge in [-0.3, -0.25) is 4.79 Å². The molecule has 28 heavy (non-hydrogen) atoms. The quantitative estimate of drug-likeness (QED) is 0.592. The maximum absolute atomic E-state index is 12.3. The molecule has 1 amide bonds. The Kier molecular flexibility index (Phi) is 8.29. The van der Waals surface area contributed by atoms with Gasteiger partial charge in [0.1, 0.15) is 5.75 Å². The molecule has 2 aromatic rings. The zero-order valence-electron chi connectivity index (χ0n) is 16.0. The SMILES string of the molecule is CCCCNS(=O)(=O)c1ccc(OCC(=O)N(C)Cc2ccccc2)c(Cl)c1. The first-order valence-electron chi connectivity index (χ1n) is 9.03. The summed E-state index contributed by atoms with van der Waals surface area (Å²) in [6.07, 6.45) is 1.65. The van der Waals surface area contributed by atoms with Crippen LogP contribution in [-0.4, -0.2) is 39.4 Å². The summed E-state index contributed by atoms with van der Waals surface area (Å²) in [4.78, 5) is 13.9. The molecule has 0 aliphatic rings. The molecule has 1 N–H and O–H groups in total. The Hall–Kier alpha value is -2.09. The Bertz CT molecular complexity index is 888. The van der Waals surface area contributed by atoms with Crippen LogP contribution in [0.3, 0.4) is 0 Å². The first-order chi connectivity index (χ1) is 13.3. The molecular weight excluding hydrogens is 400 g/mol. The van der Waals surface area contributed by atoms with Crippen LogP contribution >= 0.6 is 11.6 Å². The fourth-order valence-corrected chi connectivity index (χ4v) is 3.83. The number of sulfonamides is 1.